The SMILES string of the molecule is CC1CCC(CNC(=O)C2CNCC2C)(C(=O)O)CC1. The Labute approximate surface area is 120 Å². The van der Waals surface area contributed by atoms with E-state index >= 15 is 0 Å². The van der Waals surface area contributed by atoms with Crippen molar-refractivity contribution in [3.63, 3.8) is 0 Å². The number of carboxylic acid groups (broad SMARTS) is 1. The summed E-state index contributed by atoms with van der Waals surface area (Å²) in [6.07, 6.45) is 3.21. The van der Waals surface area contributed by atoms with Crippen LogP contribution in [0.1, 0.15) is 39.5 Å². The lowest BCUT2D eigenvalue weighted by atomic mass is 9.70. The van der Waals surface area contributed by atoms with E-state index in [0.29, 0.717) is 31.2 Å². The highest BCUT2D eigenvalue weighted by atomic mass is 16.4. The van der Waals surface area contributed by atoms with Crippen molar-refractivity contribution in [3.05, 3.63) is 0 Å². The molecule has 5 heteroatoms. The van der Waals surface area contributed by atoms with Crippen molar-refractivity contribution in [2.45, 2.75) is 39.5 Å². The molecule has 1 saturated heterocycles. The molecule has 2 atom stereocenters. The molecule has 1 amide bonds. The van der Waals surface area contributed by atoms with Gasteiger partial charge in [0, 0.05) is 13.1 Å². The number of hydrogen-bond acceptors (Lipinski definition) is 3. The molecule has 1 aliphatic carbocycles. The summed E-state index contributed by atoms with van der Waals surface area (Å²) in [6, 6.07) is 0. The quantitative estimate of drug-likeness (QED) is 0.725. The molecule has 5 nitrogen and oxygen atoms in total. The number of nitrogens with one attached hydrogen (secondary N) is 2. The van der Waals surface area contributed by atoms with Crippen LogP contribution in [0.25, 0.3) is 0 Å². The normalized spacial score (nSPS) is 37.6. The standard InChI is InChI=1S/C15H26N2O3/c1-10-3-5-15(6-4-10,14(19)20)9-17-13(18)12-8-16-7-11(12)2/h10-12,16H,3-9H2,1-2H3,(H,17,18)(H,19,20). The van der Waals surface area contributed by atoms with Gasteiger partial charge in [0.1, 0.15) is 0 Å². The fourth-order valence-corrected chi connectivity index (χ4v) is 3.33. The Bertz CT molecular complexity index is 375. The van der Waals surface area contributed by atoms with E-state index in [9.17, 15) is 14.7 Å². The molecule has 0 radical (unpaired) electrons. The molecule has 1 aliphatic heterocycles. The van der Waals surface area contributed by atoms with Crippen molar-refractivity contribution in [2.75, 3.05) is 19.6 Å². The van der Waals surface area contributed by atoms with Gasteiger partial charge in [-0.3, -0.25) is 9.59 Å². The minimum absolute atomic E-state index is 0.00162. The van der Waals surface area contributed by atoms with Crippen LogP contribution in [0.2, 0.25) is 0 Å². The summed E-state index contributed by atoms with van der Waals surface area (Å²) in [5, 5.41) is 15.6. The number of carbonyl (C=O) groups excluding carboxylic acids is 1. The highest BCUT2D eigenvalue weighted by Crippen LogP contribution is 2.38. The van der Waals surface area contributed by atoms with Gasteiger partial charge in [-0.1, -0.05) is 13.8 Å². The van der Waals surface area contributed by atoms with Gasteiger partial charge in [-0.25, -0.2) is 0 Å². The lowest BCUT2D eigenvalue weighted by Crippen LogP contribution is -2.47. The van der Waals surface area contributed by atoms with Crippen LogP contribution in [0.15, 0.2) is 0 Å². The van der Waals surface area contributed by atoms with Crippen LogP contribution in [0, 0.1) is 23.2 Å². The first kappa shape index (κ1) is 15.3. The molecule has 2 aliphatic rings. The van der Waals surface area contributed by atoms with Crippen LogP contribution in [-0.4, -0.2) is 36.6 Å². The monoisotopic (exact) mass is 282 g/mol. The van der Waals surface area contributed by atoms with E-state index in [1.807, 2.05) is 0 Å². The summed E-state index contributed by atoms with van der Waals surface area (Å²) in [5.74, 6) is 0.131. The van der Waals surface area contributed by atoms with Crippen molar-refractivity contribution in [1.82, 2.24) is 10.6 Å². The Morgan fingerprint density at radius 1 is 1.25 bits per heavy atom. The van der Waals surface area contributed by atoms with Gasteiger partial charge in [-0.05, 0) is 44.1 Å². The predicted molar refractivity (Wildman–Crippen MR) is 76.2 cm³/mol. The first-order valence-electron chi connectivity index (χ1n) is 7.66. The van der Waals surface area contributed by atoms with Crippen molar-refractivity contribution in [3.8, 4) is 0 Å². The van der Waals surface area contributed by atoms with E-state index in [0.717, 1.165) is 19.4 Å². The van der Waals surface area contributed by atoms with Gasteiger partial charge in [-0.2, -0.15) is 0 Å². The lowest BCUT2D eigenvalue weighted by molar-refractivity contribution is -0.151. The van der Waals surface area contributed by atoms with E-state index in [-0.39, 0.29) is 18.4 Å². The van der Waals surface area contributed by atoms with Crippen LogP contribution >= 0.6 is 0 Å². The van der Waals surface area contributed by atoms with Crippen LogP contribution in [0.4, 0.5) is 0 Å². The van der Waals surface area contributed by atoms with Crippen molar-refractivity contribution >= 4 is 11.9 Å². The Hall–Kier alpha value is -1.10. The number of amides is 1. The second-order valence-electron chi connectivity index (χ2n) is 6.73. The van der Waals surface area contributed by atoms with Gasteiger partial charge in [0.15, 0.2) is 0 Å². The first-order valence-corrected chi connectivity index (χ1v) is 7.66. The smallest absolute Gasteiger partial charge is 0.311 e. The van der Waals surface area contributed by atoms with E-state index in [2.05, 4.69) is 24.5 Å². The molecule has 3 N–H and O–H groups in total. The maximum atomic E-state index is 12.2. The molecular formula is C15H26N2O3. The zero-order valence-electron chi connectivity index (χ0n) is 12.4. The van der Waals surface area contributed by atoms with Gasteiger partial charge in [0.05, 0.1) is 11.3 Å². The zero-order chi connectivity index (χ0) is 14.8. The van der Waals surface area contributed by atoms with Gasteiger partial charge < -0.3 is 15.7 Å². The maximum Gasteiger partial charge on any atom is 0.311 e. The average Bonchev–Trinajstić information content (AvgIpc) is 2.84. The molecule has 0 aromatic rings. The van der Waals surface area contributed by atoms with Crippen molar-refractivity contribution < 1.29 is 14.7 Å². The van der Waals surface area contributed by atoms with Gasteiger partial charge in [0.25, 0.3) is 0 Å². The summed E-state index contributed by atoms with van der Waals surface area (Å²) in [6.45, 7) is 6.05. The first-order chi connectivity index (χ1) is 9.44. The van der Waals surface area contributed by atoms with Crippen LogP contribution < -0.4 is 10.6 Å². The number of hydrogen-bond donors (Lipinski definition) is 3. The molecule has 0 aromatic heterocycles. The third kappa shape index (κ3) is 3.14. The summed E-state index contributed by atoms with van der Waals surface area (Å²) in [4.78, 5) is 23.8. The van der Waals surface area contributed by atoms with Gasteiger partial charge >= 0.3 is 5.97 Å². The third-order valence-electron chi connectivity index (χ3n) is 5.14. The minimum Gasteiger partial charge on any atom is -0.481 e. The number of carbonyl (C=O) groups is 2. The Kier molecular flexibility index (Phi) is 4.68. The molecule has 0 bridgehead atoms. The number of rotatable bonds is 4. The fourth-order valence-electron chi connectivity index (χ4n) is 3.33. The highest BCUT2D eigenvalue weighted by molar-refractivity contribution is 5.81. The third-order valence-corrected chi connectivity index (χ3v) is 5.14. The van der Waals surface area contributed by atoms with E-state index < -0.39 is 11.4 Å². The van der Waals surface area contributed by atoms with Gasteiger partial charge in [0.2, 0.25) is 5.91 Å². The second-order valence-corrected chi connectivity index (χ2v) is 6.73. The summed E-state index contributed by atoms with van der Waals surface area (Å²) in [7, 11) is 0. The Morgan fingerprint density at radius 2 is 1.90 bits per heavy atom. The molecule has 0 aromatic carbocycles. The van der Waals surface area contributed by atoms with Crippen LogP contribution in [-0.2, 0) is 9.59 Å². The summed E-state index contributed by atoms with van der Waals surface area (Å²) >= 11 is 0. The summed E-state index contributed by atoms with van der Waals surface area (Å²) < 4.78 is 0. The topological polar surface area (TPSA) is 78.4 Å². The molecule has 2 rings (SSSR count). The van der Waals surface area contributed by atoms with Crippen molar-refractivity contribution in [1.29, 1.82) is 0 Å². The Balaban J connectivity index is 1.92. The van der Waals surface area contributed by atoms with E-state index in [1.54, 1.807) is 0 Å². The zero-order valence-corrected chi connectivity index (χ0v) is 12.4. The summed E-state index contributed by atoms with van der Waals surface area (Å²) in [5.41, 5.74) is -0.753. The maximum absolute atomic E-state index is 12.2. The molecule has 1 heterocycles. The average molecular weight is 282 g/mol. The van der Waals surface area contributed by atoms with Crippen LogP contribution in [0.5, 0.6) is 0 Å². The van der Waals surface area contributed by atoms with Crippen LogP contribution in [0.3, 0.4) is 0 Å². The largest absolute Gasteiger partial charge is 0.481 e. The number of aliphatic carboxylic acids is 1. The molecule has 0 spiro atoms. The van der Waals surface area contributed by atoms with Crippen molar-refractivity contribution in [2.24, 2.45) is 23.2 Å². The number of carboxylic acids is 1. The fraction of sp³-hybridized carbons (Fsp3) is 0.867. The molecule has 114 valence electrons. The van der Waals surface area contributed by atoms with E-state index in [4.69, 9.17) is 0 Å². The molecule has 2 fully saturated rings. The minimum atomic E-state index is -0.762. The second kappa shape index (κ2) is 6.12. The Morgan fingerprint density at radius 3 is 2.40 bits per heavy atom. The molecular weight excluding hydrogens is 256 g/mol. The highest BCUT2D eigenvalue weighted by Gasteiger charge is 2.42. The molecule has 1 saturated carbocycles. The predicted octanol–water partition coefficient (Wildman–Crippen LogP) is 1.24. The lowest BCUT2D eigenvalue weighted by Gasteiger charge is -2.36. The van der Waals surface area contributed by atoms with E-state index in [1.165, 1.54) is 0 Å². The molecule has 2 unspecified atom stereocenters. The van der Waals surface area contributed by atoms with Gasteiger partial charge in [-0.15, -0.1) is 0 Å². The molecule has 20 heavy (non-hydrogen) atoms.